The minimum atomic E-state index is -0.267. The Bertz CT molecular complexity index is 1010. The molecular formula is C20H16FN3O. The van der Waals surface area contributed by atoms with Gasteiger partial charge in [-0.05, 0) is 60.7 Å². The van der Waals surface area contributed by atoms with Crippen molar-refractivity contribution in [1.82, 2.24) is 9.38 Å². The van der Waals surface area contributed by atoms with E-state index >= 15 is 0 Å². The van der Waals surface area contributed by atoms with Crippen LogP contribution in [0.25, 0.3) is 16.9 Å². The highest BCUT2D eigenvalue weighted by Gasteiger charge is 2.14. The largest absolute Gasteiger partial charge is 0.497 e. The maximum atomic E-state index is 13.3. The summed E-state index contributed by atoms with van der Waals surface area (Å²) in [5.74, 6) is 1.35. The van der Waals surface area contributed by atoms with Gasteiger partial charge in [0.15, 0.2) is 0 Å². The van der Waals surface area contributed by atoms with Gasteiger partial charge in [-0.2, -0.15) is 0 Å². The van der Waals surface area contributed by atoms with Crippen molar-refractivity contribution in [3.8, 4) is 17.0 Å². The van der Waals surface area contributed by atoms with Gasteiger partial charge in [0.05, 0.1) is 7.11 Å². The number of pyridine rings is 1. The van der Waals surface area contributed by atoms with Gasteiger partial charge in [-0.25, -0.2) is 9.37 Å². The lowest BCUT2D eigenvalue weighted by Gasteiger charge is -2.09. The molecule has 4 rings (SSSR count). The molecule has 2 aromatic heterocycles. The molecule has 1 N–H and O–H groups in total. The third-order valence-electron chi connectivity index (χ3n) is 4.00. The maximum absolute atomic E-state index is 13.3. The fourth-order valence-electron chi connectivity index (χ4n) is 2.74. The molecule has 124 valence electrons. The number of hydrogen-bond acceptors (Lipinski definition) is 3. The fraction of sp³-hybridized carbons (Fsp3) is 0.0500. The molecule has 0 atom stereocenters. The van der Waals surface area contributed by atoms with Crippen molar-refractivity contribution in [3.05, 3.63) is 78.7 Å². The first kappa shape index (κ1) is 15.2. The summed E-state index contributed by atoms with van der Waals surface area (Å²) < 4.78 is 20.4. The van der Waals surface area contributed by atoms with Crippen LogP contribution in [-0.2, 0) is 0 Å². The predicted molar refractivity (Wildman–Crippen MR) is 96.9 cm³/mol. The molecule has 5 heteroatoms. The first-order valence-electron chi connectivity index (χ1n) is 7.89. The number of imidazole rings is 1. The van der Waals surface area contributed by atoms with Crippen LogP contribution in [0.15, 0.2) is 72.9 Å². The molecular weight excluding hydrogens is 317 g/mol. The number of methoxy groups -OCH3 is 1. The van der Waals surface area contributed by atoms with Crippen molar-refractivity contribution < 1.29 is 9.13 Å². The summed E-state index contributed by atoms with van der Waals surface area (Å²) in [4.78, 5) is 4.70. The van der Waals surface area contributed by atoms with Crippen LogP contribution in [-0.4, -0.2) is 16.5 Å². The zero-order chi connectivity index (χ0) is 17.2. The summed E-state index contributed by atoms with van der Waals surface area (Å²) in [5, 5.41) is 3.41. The normalized spacial score (nSPS) is 10.8. The maximum Gasteiger partial charge on any atom is 0.143 e. The number of ether oxygens (including phenoxy) is 1. The Morgan fingerprint density at radius 3 is 2.44 bits per heavy atom. The van der Waals surface area contributed by atoms with Crippen LogP contribution < -0.4 is 10.1 Å². The lowest BCUT2D eigenvalue weighted by atomic mass is 10.1. The van der Waals surface area contributed by atoms with E-state index in [0.29, 0.717) is 0 Å². The van der Waals surface area contributed by atoms with Crippen LogP contribution in [0.1, 0.15) is 0 Å². The number of anilines is 2. The number of rotatable bonds is 4. The molecule has 2 heterocycles. The third kappa shape index (κ3) is 2.92. The van der Waals surface area contributed by atoms with Gasteiger partial charge in [0.2, 0.25) is 0 Å². The standard InChI is InChI=1S/C20H16FN3O/c1-25-17-11-9-16(10-12-17)22-20-19(14-5-7-15(21)8-6-14)23-18-4-2-3-13-24(18)20/h2-13,22H,1H3. The van der Waals surface area contributed by atoms with E-state index in [2.05, 4.69) is 5.32 Å². The second kappa shape index (κ2) is 6.28. The minimum Gasteiger partial charge on any atom is -0.497 e. The monoisotopic (exact) mass is 333 g/mol. The summed E-state index contributed by atoms with van der Waals surface area (Å²) >= 11 is 0. The van der Waals surface area contributed by atoms with Crippen LogP contribution in [0, 0.1) is 5.82 Å². The van der Waals surface area contributed by atoms with Gasteiger partial charge in [-0.15, -0.1) is 0 Å². The van der Waals surface area contributed by atoms with E-state index in [4.69, 9.17) is 9.72 Å². The van der Waals surface area contributed by atoms with Gasteiger partial charge in [-0.1, -0.05) is 6.07 Å². The fourth-order valence-corrected chi connectivity index (χ4v) is 2.74. The molecule has 0 aliphatic rings. The summed E-state index contributed by atoms with van der Waals surface area (Å²) in [7, 11) is 1.64. The van der Waals surface area contributed by atoms with Crippen LogP contribution in [0.2, 0.25) is 0 Å². The predicted octanol–water partition coefficient (Wildman–Crippen LogP) is 4.89. The van der Waals surface area contributed by atoms with Crippen LogP contribution in [0.5, 0.6) is 5.75 Å². The first-order valence-corrected chi connectivity index (χ1v) is 7.89. The molecule has 0 aliphatic carbocycles. The molecule has 4 aromatic rings. The van der Waals surface area contributed by atoms with E-state index < -0.39 is 0 Å². The Morgan fingerprint density at radius 1 is 0.960 bits per heavy atom. The topological polar surface area (TPSA) is 38.6 Å². The average molecular weight is 333 g/mol. The molecule has 0 amide bonds. The van der Waals surface area contributed by atoms with Crippen molar-refractivity contribution in [2.75, 3.05) is 12.4 Å². The Kier molecular flexibility index (Phi) is 3.82. The van der Waals surface area contributed by atoms with Crippen molar-refractivity contribution in [1.29, 1.82) is 0 Å². The van der Waals surface area contributed by atoms with Crippen LogP contribution in [0.4, 0.5) is 15.9 Å². The first-order chi connectivity index (χ1) is 12.2. The highest BCUT2D eigenvalue weighted by Crippen LogP contribution is 2.31. The Hall–Kier alpha value is -3.34. The van der Waals surface area contributed by atoms with E-state index in [1.807, 2.05) is 53.1 Å². The zero-order valence-electron chi connectivity index (χ0n) is 13.6. The Labute approximate surface area is 144 Å². The van der Waals surface area contributed by atoms with Gasteiger partial charge in [0.1, 0.15) is 28.7 Å². The van der Waals surface area contributed by atoms with Gasteiger partial charge in [0.25, 0.3) is 0 Å². The number of halogens is 1. The lowest BCUT2D eigenvalue weighted by Crippen LogP contribution is -1.97. The van der Waals surface area contributed by atoms with Crippen molar-refractivity contribution >= 4 is 17.2 Å². The molecule has 2 aromatic carbocycles. The molecule has 0 unspecified atom stereocenters. The van der Waals surface area contributed by atoms with Gasteiger partial charge >= 0.3 is 0 Å². The van der Waals surface area contributed by atoms with E-state index in [1.165, 1.54) is 12.1 Å². The molecule has 0 aliphatic heterocycles. The highest BCUT2D eigenvalue weighted by atomic mass is 19.1. The highest BCUT2D eigenvalue weighted by molar-refractivity contribution is 5.79. The summed E-state index contributed by atoms with van der Waals surface area (Å²) in [6.07, 6.45) is 1.95. The smallest absolute Gasteiger partial charge is 0.143 e. The molecule has 0 saturated carbocycles. The minimum absolute atomic E-state index is 0.267. The molecule has 0 bridgehead atoms. The zero-order valence-corrected chi connectivity index (χ0v) is 13.6. The number of benzene rings is 2. The number of nitrogens with zero attached hydrogens (tertiary/aromatic N) is 2. The molecule has 0 saturated heterocycles. The Morgan fingerprint density at radius 2 is 1.72 bits per heavy atom. The van der Waals surface area contributed by atoms with Crippen LogP contribution in [0.3, 0.4) is 0 Å². The average Bonchev–Trinajstić information content (AvgIpc) is 3.02. The van der Waals surface area contributed by atoms with Gasteiger partial charge in [-0.3, -0.25) is 4.40 Å². The molecule has 25 heavy (non-hydrogen) atoms. The summed E-state index contributed by atoms with van der Waals surface area (Å²) in [6.45, 7) is 0. The van der Waals surface area contributed by atoms with Crippen molar-refractivity contribution in [2.24, 2.45) is 0 Å². The number of fused-ring (bicyclic) bond motifs is 1. The van der Waals surface area contributed by atoms with Crippen molar-refractivity contribution in [3.63, 3.8) is 0 Å². The quantitative estimate of drug-likeness (QED) is 0.578. The number of nitrogens with one attached hydrogen (secondary N) is 1. The van der Waals surface area contributed by atoms with E-state index in [9.17, 15) is 4.39 Å². The summed E-state index contributed by atoms with van der Waals surface area (Å²) in [6, 6.07) is 19.8. The number of hydrogen-bond donors (Lipinski definition) is 1. The summed E-state index contributed by atoms with van der Waals surface area (Å²) in [5.41, 5.74) is 3.34. The molecule has 0 fully saturated rings. The van der Waals surface area contributed by atoms with Gasteiger partial charge in [0, 0.05) is 17.4 Å². The van der Waals surface area contributed by atoms with E-state index in [1.54, 1.807) is 19.2 Å². The van der Waals surface area contributed by atoms with Crippen molar-refractivity contribution in [2.45, 2.75) is 0 Å². The van der Waals surface area contributed by atoms with E-state index in [0.717, 1.165) is 34.2 Å². The number of aromatic nitrogens is 2. The molecule has 0 spiro atoms. The Balaban J connectivity index is 1.82. The SMILES string of the molecule is COc1ccc(Nc2c(-c3ccc(F)cc3)nc3ccccn23)cc1. The lowest BCUT2D eigenvalue weighted by molar-refractivity contribution is 0.415. The molecule has 4 nitrogen and oxygen atoms in total. The second-order valence-electron chi connectivity index (χ2n) is 5.60. The van der Waals surface area contributed by atoms with Crippen LogP contribution >= 0.6 is 0 Å². The van der Waals surface area contributed by atoms with Gasteiger partial charge < -0.3 is 10.1 Å². The third-order valence-corrected chi connectivity index (χ3v) is 4.00. The molecule has 0 radical (unpaired) electrons. The second-order valence-corrected chi connectivity index (χ2v) is 5.60. The van der Waals surface area contributed by atoms with E-state index in [-0.39, 0.29) is 5.82 Å².